The minimum Gasteiger partial charge on any atom is -0.379 e. The van der Waals surface area contributed by atoms with E-state index in [-0.39, 0.29) is 0 Å². The molecule has 5 heteroatoms. The number of para-hydroxylation sites is 2. The topological polar surface area (TPSA) is 42.3 Å². The fourth-order valence-electron chi connectivity index (χ4n) is 3.70. The maximum absolute atomic E-state index is 5.47. The van der Waals surface area contributed by atoms with Crippen LogP contribution >= 0.6 is 0 Å². The minimum atomic E-state index is 0.561. The highest BCUT2D eigenvalue weighted by Crippen LogP contribution is 2.21. The summed E-state index contributed by atoms with van der Waals surface area (Å²) < 4.78 is 7.78. The summed E-state index contributed by atoms with van der Waals surface area (Å²) >= 11 is 0. The number of nitrogens with zero attached hydrogens (tertiary/aromatic N) is 3. The molecule has 5 nitrogen and oxygen atoms in total. The van der Waals surface area contributed by atoms with Gasteiger partial charge in [-0.3, -0.25) is 4.90 Å². The first kappa shape index (κ1) is 19.0. The third-order valence-corrected chi connectivity index (χ3v) is 5.50. The highest BCUT2D eigenvalue weighted by molar-refractivity contribution is 5.78. The van der Waals surface area contributed by atoms with Gasteiger partial charge in [-0.25, -0.2) is 4.98 Å². The monoisotopic (exact) mass is 378 g/mol. The minimum absolute atomic E-state index is 0.561. The van der Waals surface area contributed by atoms with Crippen LogP contribution in [0.25, 0.3) is 11.0 Å². The van der Waals surface area contributed by atoms with Crippen molar-refractivity contribution in [3.05, 3.63) is 59.7 Å². The summed E-state index contributed by atoms with van der Waals surface area (Å²) in [4.78, 5) is 7.31. The fraction of sp³-hybridized carbons (Fsp3) is 0.435. The molecule has 1 aromatic heterocycles. The average molecular weight is 379 g/mol. The second-order valence-corrected chi connectivity index (χ2v) is 7.78. The number of hydrogen-bond acceptors (Lipinski definition) is 4. The first-order valence-corrected chi connectivity index (χ1v) is 10.3. The number of nitrogens with one attached hydrogen (secondary N) is 1. The van der Waals surface area contributed by atoms with Crippen molar-refractivity contribution in [2.45, 2.75) is 32.9 Å². The summed E-state index contributed by atoms with van der Waals surface area (Å²) in [6.07, 6.45) is 0. The van der Waals surface area contributed by atoms with Gasteiger partial charge in [0, 0.05) is 32.7 Å². The van der Waals surface area contributed by atoms with E-state index >= 15 is 0 Å². The highest BCUT2D eigenvalue weighted by Gasteiger charge is 2.14. The van der Waals surface area contributed by atoms with E-state index in [4.69, 9.17) is 9.72 Å². The molecule has 1 fully saturated rings. The van der Waals surface area contributed by atoms with Crippen molar-refractivity contribution < 1.29 is 4.74 Å². The van der Waals surface area contributed by atoms with E-state index in [1.165, 1.54) is 16.6 Å². The van der Waals surface area contributed by atoms with E-state index in [1.807, 2.05) is 0 Å². The van der Waals surface area contributed by atoms with Crippen LogP contribution in [0.2, 0.25) is 0 Å². The van der Waals surface area contributed by atoms with Gasteiger partial charge in [0.1, 0.15) is 0 Å². The molecule has 28 heavy (non-hydrogen) atoms. The van der Waals surface area contributed by atoms with Crippen molar-refractivity contribution >= 4 is 17.0 Å². The molecule has 2 heterocycles. The van der Waals surface area contributed by atoms with Gasteiger partial charge in [-0.15, -0.1) is 0 Å². The van der Waals surface area contributed by atoms with Gasteiger partial charge < -0.3 is 14.6 Å². The number of morpholine rings is 1. The molecule has 1 aliphatic rings. The molecule has 0 aliphatic carbocycles. The van der Waals surface area contributed by atoms with Crippen LogP contribution in [0, 0.1) is 0 Å². The first-order chi connectivity index (χ1) is 13.7. The molecule has 0 radical (unpaired) electrons. The molecule has 0 bridgehead atoms. The van der Waals surface area contributed by atoms with Gasteiger partial charge in [-0.1, -0.05) is 50.2 Å². The predicted molar refractivity (Wildman–Crippen MR) is 115 cm³/mol. The SMILES string of the molecule is CC(C)c1ccc(CNc2nc3ccccc3n2CCN2CCOCC2)cc1. The van der Waals surface area contributed by atoms with Gasteiger partial charge >= 0.3 is 0 Å². The summed E-state index contributed by atoms with van der Waals surface area (Å²) in [5.74, 6) is 1.51. The van der Waals surface area contributed by atoms with Gasteiger partial charge in [0.25, 0.3) is 0 Å². The van der Waals surface area contributed by atoms with Gasteiger partial charge in [-0.05, 0) is 29.2 Å². The lowest BCUT2D eigenvalue weighted by molar-refractivity contribution is 0.0366. The molecule has 1 aliphatic heterocycles. The Kier molecular flexibility index (Phi) is 5.93. The van der Waals surface area contributed by atoms with Gasteiger partial charge in [-0.2, -0.15) is 0 Å². The zero-order chi connectivity index (χ0) is 19.3. The molecule has 0 spiro atoms. The smallest absolute Gasteiger partial charge is 0.204 e. The second-order valence-electron chi connectivity index (χ2n) is 7.78. The fourth-order valence-corrected chi connectivity index (χ4v) is 3.70. The van der Waals surface area contributed by atoms with Gasteiger partial charge in [0.05, 0.1) is 24.2 Å². The first-order valence-electron chi connectivity index (χ1n) is 10.3. The van der Waals surface area contributed by atoms with Gasteiger partial charge in [0.2, 0.25) is 5.95 Å². The van der Waals surface area contributed by atoms with Crippen LogP contribution in [0.1, 0.15) is 30.9 Å². The number of rotatable bonds is 7. The van der Waals surface area contributed by atoms with Crippen molar-refractivity contribution in [1.29, 1.82) is 0 Å². The van der Waals surface area contributed by atoms with Crippen molar-refractivity contribution in [3.8, 4) is 0 Å². The van der Waals surface area contributed by atoms with Crippen LogP contribution < -0.4 is 5.32 Å². The van der Waals surface area contributed by atoms with E-state index in [0.29, 0.717) is 5.92 Å². The molecule has 0 unspecified atom stereocenters. The Bertz CT molecular complexity index is 895. The Balaban J connectivity index is 1.49. The molecule has 148 valence electrons. The van der Waals surface area contributed by atoms with Gasteiger partial charge in [0.15, 0.2) is 0 Å². The highest BCUT2D eigenvalue weighted by atomic mass is 16.5. The Labute approximate surface area is 167 Å². The lowest BCUT2D eigenvalue weighted by Gasteiger charge is -2.27. The summed E-state index contributed by atoms with van der Waals surface area (Å²) in [6.45, 7) is 10.9. The molecule has 0 amide bonds. The Morgan fingerprint density at radius 1 is 1.00 bits per heavy atom. The summed E-state index contributed by atoms with van der Waals surface area (Å²) in [5.41, 5.74) is 4.88. The van der Waals surface area contributed by atoms with Crippen LogP contribution in [0.15, 0.2) is 48.5 Å². The third-order valence-electron chi connectivity index (χ3n) is 5.50. The Morgan fingerprint density at radius 2 is 1.75 bits per heavy atom. The molecule has 2 aromatic carbocycles. The number of hydrogen-bond donors (Lipinski definition) is 1. The maximum Gasteiger partial charge on any atom is 0.204 e. The standard InChI is InChI=1S/C23H30N4O/c1-18(2)20-9-7-19(8-10-20)17-24-23-25-21-5-3-4-6-22(21)27(23)12-11-26-13-15-28-16-14-26/h3-10,18H,11-17H2,1-2H3,(H,24,25). The Hall–Kier alpha value is -2.37. The number of anilines is 1. The lowest BCUT2D eigenvalue weighted by atomic mass is 10.0. The molecule has 4 rings (SSSR count). The van der Waals surface area contributed by atoms with Crippen LogP contribution in [-0.2, 0) is 17.8 Å². The van der Waals surface area contributed by atoms with E-state index in [0.717, 1.165) is 57.4 Å². The quantitative estimate of drug-likeness (QED) is 0.672. The van der Waals surface area contributed by atoms with E-state index in [2.05, 4.69) is 77.2 Å². The number of fused-ring (bicyclic) bond motifs is 1. The van der Waals surface area contributed by atoms with E-state index in [1.54, 1.807) is 0 Å². The van der Waals surface area contributed by atoms with Crippen LogP contribution in [0.5, 0.6) is 0 Å². The number of benzene rings is 2. The molecule has 0 saturated carbocycles. The van der Waals surface area contributed by atoms with Crippen LogP contribution in [-0.4, -0.2) is 47.3 Å². The zero-order valence-electron chi connectivity index (χ0n) is 16.9. The predicted octanol–water partition coefficient (Wildman–Crippen LogP) is 4.10. The molecule has 1 saturated heterocycles. The van der Waals surface area contributed by atoms with Crippen molar-refractivity contribution in [2.24, 2.45) is 0 Å². The molecule has 3 aromatic rings. The van der Waals surface area contributed by atoms with E-state index < -0.39 is 0 Å². The Morgan fingerprint density at radius 3 is 2.50 bits per heavy atom. The van der Waals surface area contributed by atoms with Crippen molar-refractivity contribution in [2.75, 3.05) is 38.2 Å². The molecule has 1 N–H and O–H groups in total. The largest absolute Gasteiger partial charge is 0.379 e. The number of ether oxygens (including phenoxy) is 1. The normalized spacial score (nSPS) is 15.4. The zero-order valence-corrected chi connectivity index (χ0v) is 16.9. The van der Waals surface area contributed by atoms with E-state index in [9.17, 15) is 0 Å². The second kappa shape index (κ2) is 8.76. The number of imidazole rings is 1. The molecular weight excluding hydrogens is 348 g/mol. The third kappa shape index (κ3) is 4.37. The van der Waals surface area contributed by atoms with Crippen molar-refractivity contribution in [3.63, 3.8) is 0 Å². The van der Waals surface area contributed by atoms with Crippen LogP contribution in [0.4, 0.5) is 5.95 Å². The molecule has 0 atom stereocenters. The average Bonchev–Trinajstić information content (AvgIpc) is 3.09. The molecular formula is C23H30N4O. The number of aromatic nitrogens is 2. The summed E-state index contributed by atoms with van der Waals surface area (Å²) in [6, 6.07) is 17.3. The lowest BCUT2D eigenvalue weighted by Crippen LogP contribution is -2.38. The maximum atomic E-state index is 5.47. The van der Waals surface area contributed by atoms with Crippen molar-refractivity contribution in [1.82, 2.24) is 14.5 Å². The summed E-state index contributed by atoms with van der Waals surface area (Å²) in [7, 11) is 0. The summed E-state index contributed by atoms with van der Waals surface area (Å²) in [5, 5.41) is 3.56. The van der Waals surface area contributed by atoms with Crippen LogP contribution in [0.3, 0.4) is 0 Å².